The maximum absolute atomic E-state index is 12.2. The number of carbonyl (C=O) groups is 1. The van der Waals surface area contributed by atoms with Gasteiger partial charge in [-0.2, -0.15) is 0 Å². The Balaban J connectivity index is 2.37. The number of carbonyl (C=O) groups excluding carboxylic acids is 1. The van der Waals surface area contributed by atoms with Crippen LogP contribution < -0.4 is 0 Å². The summed E-state index contributed by atoms with van der Waals surface area (Å²) in [6, 6.07) is 9.62. The summed E-state index contributed by atoms with van der Waals surface area (Å²) in [6.45, 7) is 6.51. The van der Waals surface area contributed by atoms with Crippen molar-refractivity contribution < 1.29 is 19.1 Å². The second-order valence-corrected chi connectivity index (χ2v) is 5.12. The van der Waals surface area contributed by atoms with Gasteiger partial charge in [0.15, 0.2) is 0 Å². The molecule has 1 atom stereocenters. The second kappa shape index (κ2) is 5.31. The van der Waals surface area contributed by atoms with Gasteiger partial charge in [0.2, 0.25) is 0 Å². The molecule has 1 aromatic carbocycles. The van der Waals surface area contributed by atoms with Crippen LogP contribution in [0.4, 0.5) is 0 Å². The number of hydrogen-bond donors (Lipinski definition) is 1. The van der Waals surface area contributed by atoms with E-state index >= 15 is 0 Å². The Hall–Kier alpha value is -1.39. The molecule has 1 aliphatic rings. The quantitative estimate of drug-likeness (QED) is 0.659. The number of likely N-dealkylation sites (N-methyl/N-ethyl adjacent to an activating group) is 1. The third kappa shape index (κ3) is 2.26. The van der Waals surface area contributed by atoms with Gasteiger partial charge in [-0.05, 0) is 19.4 Å². The van der Waals surface area contributed by atoms with Gasteiger partial charge >= 0.3 is 11.7 Å². The molecule has 0 amide bonds. The number of nitrogens with zero attached hydrogens (tertiary/aromatic N) is 1. The highest BCUT2D eigenvalue weighted by atomic mass is 16.6. The zero-order valence-corrected chi connectivity index (χ0v) is 11.6. The Morgan fingerprint density at radius 3 is 2.47 bits per heavy atom. The highest BCUT2D eigenvalue weighted by Gasteiger charge is 2.58. The molecule has 4 heteroatoms. The van der Waals surface area contributed by atoms with E-state index in [0.29, 0.717) is 24.1 Å². The molecule has 0 unspecified atom stereocenters. The minimum Gasteiger partial charge on any atom is -0.453 e. The lowest BCUT2D eigenvalue weighted by molar-refractivity contribution is -0.991. The summed E-state index contributed by atoms with van der Waals surface area (Å²) in [5, 5.41) is 11.0. The fourth-order valence-electron chi connectivity index (χ4n) is 2.99. The Morgan fingerprint density at radius 1 is 1.26 bits per heavy atom. The van der Waals surface area contributed by atoms with Crippen LogP contribution in [0, 0.1) is 0 Å². The number of quaternary nitrogens is 1. The Labute approximate surface area is 114 Å². The van der Waals surface area contributed by atoms with E-state index in [1.807, 2.05) is 44.2 Å². The standard InChI is InChI=1S/C15H22NO3/c1-3-16(4-2)10-11-19-14(17)15(16,18)12-13-8-6-5-7-9-13/h5-9,18H,3-4,10-12H2,1-2H3/q+1/t15-/m0/s1. The van der Waals surface area contributed by atoms with Gasteiger partial charge in [-0.3, -0.25) is 4.48 Å². The van der Waals surface area contributed by atoms with Crippen molar-refractivity contribution in [3.8, 4) is 0 Å². The summed E-state index contributed by atoms with van der Waals surface area (Å²) in [6.07, 6.45) is 0.300. The van der Waals surface area contributed by atoms with E-state index in [2.05, 4.69) is 0 Å². The van der Waals surface area contributed by atoms with Crippen molar-refractivity contribution in [1.82, 2.24) is 0 Å². The SMILES string of the molecule is CC[N+]1(CC)CCOC(=O)[C@@]1(O)Cc1ccccc1. The molecule has 0 spiro atoms. The smallest absolute Gasteiger partial charge is 0.398 e. The first kappa shape index (κ1) is 14.0. The minimum absolute atomic E-state index is 0.300. The first-order valence-corrected chi connectivity index (χ1v) is 6.87. The summed E-state index contributed by atoms with van der Waals surface area (Å²) in [7, 11) is 0. The van der Waals surface area contributed by atoms with Gasteiger partial charge in [0.25, 0.3) is 0 Å². The average molecular weight is 264 g/mol. The van der Waals surface area contributed by atoms with Crippen molar-refractivity contribution in [3.63, 3.8) is 0 Å². The average Bonchev–Trinajstić information content (AvgIpc) is 2.43. The third-order valence-corrected chi connectivity index (χ3v) is 4.37. The normalized spacial score (nSPS) is 25.9. The molecular weight excluding hydrogens is 242 g/mol. The van der Waals surface area contributed by atoms with Crippen LogP contribution >= 0.6 is 0 Å². The molecule has 1 fully saturated rings. The van der Waals surface area contributed by atoms with Crippen molar-refractivity contribution in [1.29, 1.82) is 0 Å². The lowest BCUT2D eigenvalue weighted by atomic mass is 9.96. The van der Waals surface area contributed by atoms with Gasteiger partial charge in [-0.1, -0.05) is 30.3 Å². The summed E-state index contributed by atoms with van der Waals surface area (Å²) < 4.78 is 5.50. The molecule has 1 aromatic rings. The van der Waals surface area contributed by atoms with Crippen LogP contribution in [0.3, 0.4) is 0 Å². The molecule has 104 valence electrons. The molecule has 0 aromatic heterocycles. The van der Waals surface area contributed by atoms with E-state index in [1.165, 1.54) is 0 Å². The number of ether oxygens (including phenoxy) is 1. The molecule has 1 aliphatic heterocycles. The Bertz CT molecular complexity index is 442. The number of hydrogen-bond acceptors (Lipinski definition) is 3. The third-order valence-electron chi connectivity index (χ3n) is 4.37. The van der Waals surface area contributed by atoms with Gasteiger partial charge in [0, 0.05) is 0 Å². The maximum atomic E-state index is 12.2. The van der Waals surface area contributed by atoms with Crippen LogP contribution in [0.2, 0.25) is 0 Å². The van der Waals surface area contributed by atoms with E-state index in [4.69, 9.17) is 4.74 Å². The van der Waals surface area contributed by atoms with Crippen LogP contribution in [0.1, 0.15) is 19.4 Å². The van der Waals surface area contributed by atoms with Gasteiger partial charge < -0.3 is 9.84 Å². The number of cyclic esters (lactones) is 1. The summed E-state index contributed by atoms with van der Waals surface area (Å²) in [5.74, 6) is -0.494. The molecule has 2 rings (SSSR count). The van der Waals surface area contributed by atoms with Crippen molar-refractivity contribution in [2.45, 2.75) is 26.0 Å². The van der Waals surface area contributed by atoms with E-state index in [1.54, 1.807) is 0 Å². The molecule has 0 radical (unpaired) electrons. The number of morpholine rings is 1. The minimum atomic E-state index is -1.47. The predicted molar refractivity (Wildman–Crippen MR) is 72.3 cm³/mol. The molecule has 4 nitrogen and oxygen atoms in total. The lowest BCUT2D eigenvalue weighted by Crippen LogP contribution is -2.73. The van der Waals surface area contributed by atoms with Gasteiger partial charge in [-0.15, -0.1) is 0 Å². The van der Waals surface area contributed by atoms with E-state index in [-0.39, 0.29) is 0 Å². The van der Waals surface area contributed by atoms with Gasteiger partial charge in [0.05, 0.1) is 19.5 Å². The largest absolute Gasteiger partial charge is 0.453 e. The molecule has 0 bridgehead atoms. The van der Waals surface area contributed by atoms with Crippen molar-refractivity contribution in [2.75, 3.05) is 26.2 Å². The molecule has 1 heterocycles. The molecule has 0 saturated carbocycles. The molecular formula is C15H22NO3+. The lowest BCUT2D eigenvalue weighted by Gasteiger charge is -2.49. The van der Waals surface area contributed by atoms with Crippen LogP contribution in [0.5, 0.6) is 0 Å². The summed E-state index contributed by atoms with van der Waals surface area (Å²) >= 11 is 0. The zero-order valence-electron chi connectivity index (χ0n) is 11.6. The van der Waals surface area contributed by atoms with Crippen LogP contribution in [0.15, 0.2) is 30.3 Å². The summed E-state index contributed by atoms with van der Waals surface area (Å²) in [4.78, 5) is 12.2. The number of rotatable bonds is 4. The van der Waals surface area contributed by atoms with Crippen molar-refractivity contribution in [3.05, 3.63) is 35.9 Å². The van der Waals surface area contributed by atoms with Crippen LogP contribution in [-0.2, 0) is 16.0 Å². The first-order chi connectivity index (χ1) is 9.08. The van der Waals surface area contributed by atoms with Crippen LogP contribution in [0.25, 0.3) is 0 Å². The zero-order chi connectivity index (χ0) is 13.9. The Kier molecular flexibility index (Phi) is 3.92. The molecule has 1 N–H and O–H groups in total. The summed E-state index contributed by atoms with van der Waals surface area (Å²) in [5.41, 5.74) is -0.517. The highest BCUT2D eigenvalue weighted by molar-refractivity contribution is 5.78. The second-order valence-electron chi connectivity index (χ2n) is 5.12. The van der Waals surface area contributed by atoms with Crippen LogP contribution in [-0.4, -0.2) is 47.5 Å². The van der Waals surface area contributed by atoms with E-state index < -0.39 is 11.7 Å². The number of aliphatic hydroxyl groups is 1. The maximum Gasteiger partial charge on any atom is 0.398 e. The molecule has 0 aliphatic carbocycles. The number of benzene rings is 1. The number of esters is 1. The van der Waals surface area contributed by atoms with E-state index in [0.717, 1.165) is 18.7 Å². The fourth-order valence-corrected chi connectivity index (χ4v) is 2.99. The van der Waals surface area contributed by atoms with Crippen molar-refractivity contribution in [2.24, 2.45) is 0 Å². The van der Waals surface area contributed by atoms with Gasteiger partial charge in [-0.25, -0.2) is 4.79 Å². The molecule has 1 saturated heterocycles. The fraction of sp³-hybridized carbons (Fsp3) is 0.533. The van der Waals surface area contributed by atoms with E-state index in [9.17, 15) is 9.90 Å². The van der Waals surface area contributed by atoms with Gasteiger partial charge in [0.1, 0.15) is 13.2 Å². The predicted octanol–water partition coefficient (Wildman–Crippen LogP) is 1.33. The first-order valence-electron chi connectivity index (χ1n) is 6.87. The topological polar surface area (TPSA) is 46.5 Å². The monoisotopic (exact) mass is 264 g/mol. The molecule has 19 heavy (non-hydrogen) atoms. The Morgan fingerprint density at radius 2 is 1.89 bits per heavy atom. The highest BCUT2D eigenvalue weighted by Crippen LogP contribution is 2.31. The van der Waals surface area contributed by atoms with Crippen molar-refractivity contribution >= 4 is 5.97 Å².